The van der Waals surface area contributed by atoms with E-state index >= 15 is 0 Å². The third kappa shape index (κ3) is 3.26. The number of rotatable bonds is 6. The van der Waals surface area contributed by atoms with E-state index in [0.717, 1.165) is 10.7 Å². The summed E-state index contributed by atoms with van der Waals surface area (Å²) in [7, 11) is 0.115. The van der Waals surface area contributed by atoms with Crippen molar-refractivity contribution in [1.29, 1.82) is 0 Å². The van der Waals surface area contributed by atoms with E-state index in [4.69, 9.17) is 0 Å². The number of aryl methyl sites for hydroxylation is 1. The fourth-order valence-electron chi connectivity index (χ4n) is 1.88. The fraction of sp³-hybridized carbons (Fsp3) is 0.417. The van der Waals surface area contributed by atoms with Crippen LogP contribution in [-0.2, 0) is 23.6 Å². The number of aromatic nitrogens is 2. The molecule has 110 valence electrons. The van der Waals surface area contributed by atoms with Gasteiger partial charge in [-0.1, -0.05) is 0 Å². The second kappa shape index (κ2) is 6.04. The van der Waals surface area contributed by atoms with Crippen LogP contribution in [0.5, 0.6) is 0 Å². The molecule has 0 aromatic carbocycles. The first-order chi connectivity index (χ1) is 9.44. The van der Waals surface area contributed by atoms with Crippen LogP contribution in [0.4, 0.5) is 0 Å². The Morgan fingerprint density at radius 1 is 1.50 bits per heavy atom. The van der Waals surface area contributed by atoms with Gasteiger partial charge in [0, 0.05) is 37.1 Å². The molecule has 1 atom stereocenters. The van der Waals surface area contributed by atoms with Gasteiger partial charge in [0.15, 0.2) is 0 Å². The molecule has 0 spiro atoms. The fourth-order valence-corrected chi connectivity index (χ4v) is 3.90. The topological polar surface area (TPSA) is 76.0 Å². The molecule has 0 aliphatic rings. The van der Waals surface area contributed by atoms with Crippen LogP contribution in [-0.4, -0.2) is 25.0 Å². The van der Waals surface area contributed by atoms with Crippen molar-refractivity contribution >= 4 is 21.4 Å². The molecular weight excluding hydrogens is 296 g/mol. The van der Waals surface area contributed by atoms with E-state index in [1.54, 1.807) is 30.0 Å². The number of nitrogens with one attached hydrogen (secondary N) is 2. The zero-order chi connectivity index (χ0) is 14.8. The van der Waals surface area contributed by atoms with E-state index in [1.165, 1.54) is 11.3 Å². The highest BCUT2D eigenvalue weighted by Gasteiger charge is 2.21. The molecule has 0 fully saturated rings. The predicted octanol–water partition coefficient (Wildman–Crippen LogP) is 1.24. The molecule has 2 aromatic heterocycles. The van der Waals surface area contributed by atoms with Crippen molar-refractivity contribution < 1.29 is 8.42 Å². The van der Waals surface area contributed by atoms with Gasteiger partial charge in [-0.15, -0.1) is 11.3 Å². The Bertz CT molecular complexity index is 662. The quantitative estimate of drug-likeness (QED) is 0.841. The summed E-state index contributed by atoms with van der Waals surface area (Å²) < 4.78 is 29.1. The molecule has 2 heterocycles. The van der Waals surface area contributed by atoms with E-state index in [2.05, 4.69) is 15.0 Å². The number of nitrogens with zero attached hydrogens (tertiary/aromatic N) is 2. The van der Waals surface area contributed by atoms with Gasteiger partial charge in [-0.05, 0) is 20.0 Å². The van der Waals surface area contributed by atoms with Gasteiger partial charge in [-0.25, -0.2) is 18.1 Å². The zero-order valence-electron chi connectivity index (χ0n) is 11.6. The number of thiazole rings is 1. The van der Waals surface area contributed by atoms with Crippen molar-refractivity contribution in [3.05, 3.63) is 34.5 Å². The monoisotopic (exact) mass is 314 g/mol. The minimum Gasteiger partial charge on any atom is -0.352 e. The summed E-state index contributed by atoms with van der Waals surface area (Å²) in [5.74, 6) is 0. The molecule has 0 aliphatic heterocycles. The summed E-state index contributed by atoms with van der Waals surface area (Å²) in [5, 5.41) is 5.59. The van der Waals surface area contributed by atoms with E-state index < -0.39 is 10.0 Å². The van der Waals surface area contributed by atoms with Crippen molar-refractivity contribution in [3.8, 4) is 0 Å². The molecule has 20 heavy (non-hydrogen) atoms. The lowest BCUT2D eigenvalue weighted by atomic mass is 10.4. The largest absolute Gasteiger partial charge is 0.352 e. The Morgan fingerprint density at radius 3 is 2.85 bits per heavy atom. The standard InChI is InChI=1S/C12H18N4O2S2/c1-9(12-14-4-5-19-12)15-20(17,18)11-6-10(7-13-2)16(3)8-11/h4-6,8-9,13,15H,7H2,1-3H3. The van der Waals surface area contributed by atoms with Crippen LogP contribution in [0, 0.1) is 0 Å². The average molecular weight is 314 g/mol. The van der Waals surface area contributed by atoms with Crippen LogP contribution in [0.3, 0.4) is 0 Å². The lowest BCUT2D eigenvalue weighted by Gasteiger charge is -2.10. The van der Waals surface area contributed by atoms with Gasteiger partial charge < -0.3 is 9.88 Å². The van der Waals surface area contributed by atoms with Gasteiger partial charge in [0.25, 0.3) is 0 Å². The highest BCUT2D eigenvalue weighted by Crippen LogP contribution is 2.19. The SMILES string of the molecule is CNCc1cc(S(=O)(=O)NC(C)c2nccs2)cn1C. The Kier molecular flexibility index (Phi) is 4.59. The Hall–Kier alpha value is -1.22. The molecule has 0 saturated heterocycles. The van der Waals surface area contributed by atoms with Crippen LogP contribution in [0.15, 0.2) is 28.7 Å². The summed E-state index contributed by atoms with van der Waals surface area (Å²) in [6, 6.07) is 1.33. The number of sulfonamides is 1. The van der Waals surface area contributed by atoms with E-state index in [0.29, 0.717) is 6.54 Å². The third-order valence-corrected chi connectivity index (χ3v) is 5.37. The maximum absolute atomic E-state index is 12.3. The van der Waals surface area contributed by atoms with E-state index in [-0.39, 0.29) is 10.9 Å². The Balaban J connectivity index is 2.20. The van der Waals surface area contributed by atoms with E-state index in [1.807, 2.05) is 19.5 Å². The lowest BCUT2D eigenvalue weighted by molar-refractivity contribution is 0.566. The molecular formula is C12H18N4O2S2. The van der Waals surface area contributed by atoms with Gasteiger partial charge in [0.05, 0.1) is 10.9 Å². The highest BCUT2D eigenvalue weighted by molar-refractivity contribution is 7.89. The first-order valence-corrected chi connectivity index (χ1v) is 8.52. The van der Waals surface area contributed by atoms with Crippen molar-refractivity contribution in [2.45, 2.75) is 24.4 Å². The molecule has 0 saturated carbocycles. The maximum Gasteiger partial charge on any atom is 0.242 e. The smallest absolute Gasteiger partial charge is 0.242 e. The summed E-state index contributed by atoms with van der Waals surface area (Å²) in [5.41, 5.74) is 0.912. The first-order valence-electron chi connectivity index (χ1n) is 6.15. The van der Waals surface area contributed by atoms with Crippen LogP contribution in [0.2, 0.25) is 0 Å². The zero-order valence-corrected chi connectivity index (χ0v) is 13.3. The second-order valence-electron chi connectivity index (χ2n) is 4.52. The predicted molar refractivity (Wildman–Crippen MR) is 79.0 cm³/mol. The highest BCUT2D eigenvalue weighted by atomic mass is 32.2. The molecule has 2 rings (SSSR count). The molecule has 8 heteroatoms. The van der Waals surface area contributed by atoms with Gasteiger partial charge in [-0.2, -0.15) is 0 Å². The number of hydrogen-bond acceptors (Lipinski definition) is 5. The summed E-state index contributed by atoms with van der Waals surface area (Å²) >= 11 is 1.43. The molecule has 0 radical (unpaired) electrons. The molecule has 0 bridgehead atoms. The van der Waals surface area contributed by atoms with Gasteiger partial charge in [0.2, 0.25) is 10.0 Å². The molecule has 6 nitrogen and oxygen atoms in total. The third-order valence-electron chi connectivity index (χ3n) is 2.90. The summed E-state index contributed by atoms with van der Waals surface area (Å²) in [6.45, 7) is 2.40. The minimum absolute atomic E-state index is 0.272. The average Bonchev–Trinajstić information content (AvgIpc) is 3.00. The number of hydrogen-bond donors (Lipinski definition) is 2. The van der Waals surface area contributed by atoms with Crippen molar-refractivity contribution in [2.24, 2.45) is 7.05 Å². The molecule has 1 unspecified atom stereocenters. The summed E-state index contributed by atoms with van der Waals surface area (Å²) in [4.78, 5) is 4.39. The Morgan fingerprint density at radius 2 is 2.25 bits per heavy atom. The van der Waals surface area contributed by atoms with E-state index in [9.17, 15) is 8.42 Å². The Labute approximate surface area is 122 Å². The normalized spacial score (nSPS) is 13.6. The first kappa shape index (κ1) is 15.2. The molecule has 2 aromatic rings. The maximum atomic E-state index is 12.3. The van der Waals surface area contributed by atoms with Crippen LogP contribution < -0.4 is 10.0 Å². The molecule has 0 amide bonds. The summed E-state index contributed by atoms with van der Waals surface area (Å²) in [6.07, 6.45) is 3.28. The molecule has 2 N–H and O–H groups in total. The van der Waals surface area contributed by atoms with Crippen LogP contribution in [0.1, 0.15) is 23.7 Å². The van der Waals surface area contributed by atoms with Crippen molar-refractivity contribution in [2.75, 3.05) is 7.05 Å². The van der Waals surface area contributed by atoms with Gasteiger partial charge in [0.1, 0.15) is 5.01 Å². The lowest BCUT2D eigenvalue weighted by Crippen LogP contribution is -2.26. The van der Waals surface area contributed by atoms with Crippen molar-refractivity contribution in [3.63, 3.8) is 0 Å². The van der Waals surface area contributed by atoms with Crippen LogP contribution >= 0.6 is 11.3 Å². The molecule has 0 aliphatic carbocycles. The van der Waals surface area contributed by atoms with Gasteiger partial charge in [-0.3, -0.25) is 0 Å². The van der Waals surface area contributed by atoms with Gasteiger partial charge >= 0.3 is 0 Å². The second-order valence-corrected chi connectivity index (χ2v) is 7.16. The minimum atomic E-state index is -3.54. The van der Waals surface area contributed by atoms with Crippen LogP contribution in [0.25, 0.3) is 0 Å². The van der Waals surface area contributed by atoms with Crippen molar-refractivity contribution in [1.82, 2.24) is 19.6 Å².